The van der Waals surface area contributed by atoms with Crippen LogP contribution in [0.1, 0.15) is 35.1 Å². The smallest absolute Gasteiger partial charge is 0.270 e. The Labute approximate surface area is 135 Å². The van der Waals surface area contributed by atoms with Crippen LogP contribution in [0, 0.1) is 12.7 Å². The predicted octanol–water partition coefficient (Wildman–Crippen LogP) is 2.72. The quantitative estimate of drug-likeness (QED) is 0.824. The van der Waals surface area contributed by atoms with Crippen LogP contribution in [0.15, 0.2) is 30.3 Å². The minimum absolute atomic E-state index is 0.259. The minimum Gasteiger partial charge on any atom is -0.354 e. The molecule has 0 atom stereocenters. The summed E-state index contributed by atoms with van der Waals surface area (Å²) >= 11 is 0. The zero-order valence-electron chi connectivity index (χ0n) is 13.4. The van der Waals surface area contributed by atoms with Gasteiger partial charge in [0.15, 0.2) is 0 Å². The lowest BCUT2D eigenvalue weighted by Crippen LogP contribution is -2.27. The molecule has 2 aromatic rings. The topological polar surface area (TPSA) is 66.9 Å². The van der Waals surface area contributed by atoms with Gasteiger partial charge in [-0.2, -0.15) is 0 Å². The van der Waals surface area contributed by atoms with Gasteiger partial charge in [0, 0.05) is 18.8 Å². The van der Waals surface area contributed by atoms with Gasteiger partial charge in [-0.15, -0.1) is 0 Å². The van der Waals surface area contributed by atoms with Crippen LogP contribution >= 0.6 is 0 Å². The average Bonchev–Trinajstić information content (AvgIpc) is 2.54. The second-order valence-electron chi connectivity index (χ2n) is 5.24. The monoisotopic (exact) mass is 316 g/mol. The number of hydrogen-bond donors (Lipinski definition) is 2. The molecule has 1 heterocycles. The van der Waals surface area contributed by atoms with E-state index in [1.807, 2.05) is 13.8 Å². The van der Waals surface area contributed by atoms with Crippen molar-refractivity contribution in [2.24, 2.45) is 0 Å². The normalized spacial score (nSPS) is 10.4. The fourth-order valence-electron chi connectivity index (χ4n) is 2.10. The Hall–Kier alpha value is -2.50. The van der Waals surface area contributed by atoms with E-state index in [4.69, 9.17) is 0 Å². The maximum atomic E-state index is 13.5. The molecule has 0 aliphatic rings. The van der Waals surface area contributed by atoms with Gasteiger partial charge in [-0.25, -0.2) is 14.4 Å². The summed E-state index contributed by atoms with van der Waals surface area (Å²) in [6.07, 6.45) is 1.38. The SMILES string of the molecule is CCCNc1nc(C)cc(C(=O)NCCc2ccccc2F)n1. The molecule has 122 valence electrons. The number of aromatic nitrogens is 2. The largest absolute Gasteiger partial charge is 0.354 e. The average molecular weight is 316 g/mol. The third kappa shape index (κ3) is 5.02. The molecule has 0 radical (unpaired) electrons. The summed E-state index contributed by atoms with van der Waals surface area (Å²) < 4.78 is 13.5. The van der Waals surface area contributed by atoms with Gasteiger partial charge in [0.05, 0.1) is 0 Å². The van der Waals surface area contributed by atoms with E-state index in [-0.39, 0.29) is 11.7 Å². The Morgan fingerprint density at radius 2 is 2.00 bits per heavy atom. The summed E-state index contributed by atoms with van der Waals surface area (Å²) in [6.45, 7) is 4.95. The van der Waals surface area contributed by atoms with Crippen molar-refractivity contribution in [2.45, 2.75) is 26.7 Å². The van der Waals surface area contributed by atoms with Crippen LogP contribution < -0.4 is 10.6 Å². The summed E-state index contributed by atoms with van der Waals surface area (Å²) in [5, 5.41) is 5.83. The molecular formula is C17H21FN4O. The maximum absolute atomic E-state index is 13.5. The molecule has 23 heavy (non-hydrogen) atoms. The lowest BCUT2D eigenvalue weighted by molar-refractivity contribution is 0.0949. The van der Waals surface area contributed by atoms with Crippen LogP contribution in [-0.4, -0.2) is 29.0 Å². The number of amides is 1. The van der Waals surface area contributed by atoms with Crippen LogP contribution in [0.4, 0.5) is 10.3 Å². The molecule has 6 heteroatoms. The molecule has 0 spiro atoms. The van der Waals surface area contributed by atoms with Crippen molar-refractivity contribution in [3.05, 3.63) is 53.1 Å². The van der Waals surface area contributed by atoms with E-state index in [0.717, 1.165) is 18.7 Å². The van der Waals surface area contributed by atoms with E-state index in [1.54, 1.807) is 24.3 Å². The number of carbonyl (C=O) groups is 1. The van der Waals surface area contributed by atoms with Gasteiger partial charge in [-0.05, 0) is 37.5 Å². The number of hydrogen-bond acceptors (Lipinski definition) is 4. The summed E-state index contributed by atoms with van der Waals surface area (Å²) in [5.41, 5.74) is 1.61. The van der Waals surface area contributed by atoms with Crippen molar-refractivity contribution in [3.8, 4) is 0 Å². The first-order valence-electron chi connectivity index (χ1n) is 7.71. The van der Waals surface area contributed by atoms with E-state index in [1.165, 1.54) is 6.07 Å². The molecular weight excluding hydrogens is 295 g/mol. The zero-order valence-corrected chi connectivity index (χ0v) is 13.4. The molecule has 0 fully saturated rings. The number of anilines is 1. The number of benzene rings is 1. The summed E-state index contributed by atoms with van der Waals surface area (Å²) in [4.78, 5) is 20.6. The minimum atomic E-state index is -0.286. The third-order valence-electron chi connectivity index (χ3n) is 3.26. The van der Waals surface area contributed by atoms with Gasteiger partial charge in [0.1, 0.15) is 11.5 Å². The van der Waals surface area contributed by atoms with Gasteiger partial charge in [0.25, 0.3) is 5.91 Å². The number of nitrogens with zero attached hydrogens (tertiary/aromatic N) is 2. The van der Waals surface area contributed by atoms with Crippen molar-refractivity contribution in [2.75, 3.05) is 18.4 Å². The van der Waals surface area contributed by atoms with E-state index in [9.17, 15) is 9.18 Å². The molecule has 5 nitrogen and oxygen atoms in total. The summed E-state index contributed by atoms with van der Waals surface area (Å²) in [6, 6.07) is 8.18. The van der Waals surface area contributed by atoms with E-state index >= 15 is 0 Å². The standard InChI is InChI=1S/C17H21FN4O/c1-3-9-20-17-21-12(2)11-15(22-17)16(23)19-10-8-13-6-4-5-7-14(13)18/h4-7,11H,3,8-10H2,1-2H3,(H,19,23)(H,20,21,22). The second-order valence-corrected chi connectivity index (χ2v) is 5.24. The van der Waals surface area contributed by atoms with Crippen molar-refractivity contribution < 1.29 is 9.18 Å². The lowest BCUT2D eigenvalue weighted by Gasteiger charge is -2.08. The Morgan fingerprint density at radius 3 is 2.74 bits per heavy atom. The van der Waals surface area contributed by atoms with Crippen molar-refractivity contribution >= 4 is 11.9 Å². The van der Waals surface area contributed by atoms with Crippen LogP contribution in [0.5, 0.6) is 0 Å². The Kier molecular flexibility index (Phi) is 6.02. The van der Waals surface area contributed by atoms with Crippen LogP contribution in [0.25, 0.3) is 0 Å². The highest BCUT2D eigenvalue weighted by molar-refractivity contribution is 5.92. The molecule has 0 unspecified atom stereocenters. The first-order valence-corrected chi connectivity index (χ1v) is 7.71. The number of rotatable bonds is 7. The highest BCUT2D eigenvalue weighted by Crippen LogP contribution is 2.07. The molecule has 1 aromatic heterocycles. The number of carbonyl (C=O) groups excluding carboxylic acids is 1. The Morgan fingerprint density at radius 1 is 1.22 bits per heavy atom. The maximum Gasteiger partial charge on any atom is 0.270 e. The number of aryl methyl sites for hydroxylation is 1. The van der Waals surface area contributed by atoms with E-state index < -0.39 is 0 Å². The van der Waals surface area contributed by atoms with E-state index in [0.29, 0.717) is 30.2 Å². The Bertz CT molecular complexity index is 675. The molecule has 1 amide bonds. The fraction of sp³-hybridized carbons (Fsp3) is 0.353. The van der Waals surface area contributed by atoms with Gasteiger partial charge >= 0.3 is 0 Å². The van der Waals surface area contributed by atoms with Gasteiger partial charge < -0.3 is 10.6 Å². The second kappa shape index (κ2) is 8.22. The van der Waals surface area contributed by atoms with Gasteiger partial charge in [-0.1, -0.05) is 25.1 Å². The van der Waals surface area contributed by atoms with Crippen molar-refractivity contribution in [1.82, 2.24) is 15.3 Å². The molecule has 1 aromatic carbocycles. The molecule has 2 rings (SSSR count). The highest BCUT2D eigenvalue weighted by Gasteiger charge is 2.10. The van der Waals surface area contributed by atoms with Gasteiger partial charge in [0.2, 0.25) is 5.95 Å². The molecule has 2 N–H and O–H groups in total. The first-order chi connectivity index (χ1) is 11.1. The first kappa shape index (κ1) is 16.9. The summed E-state index contributed by atoms with van der Waals surface area (Å²) in [5.74, 6) is -0.0943. The third-order valence-corrected chi connectivity index (χ3v) is 3.26. The molecule has 0 bridgehead atoms. The molecule has 0 saturated heterocycles. The highest BCUT2D eigenvalue weighted by atomic mass is 19.1. The van der Waals surface area contributed by atoms with Crippen molar-refractivity contribution in [1.29, 1.82) is 0 Å². The van der Waals surface area contributed by atoms with E-state index in [2.05, 4.69) is 20.6 Å². The predicted molar refractivity (Wildman–Crippen MR) is 88.0 cm³/mol. The number of nitrogens with one attached hydrogen (secondary N) is 2. The fourth-order valence-corrected chi connectivity index (χ4v) is 2.10. The zero-order chi connectivity index (χ0) is 16.7. The van der Waals surface area contributed by atoms with Gasteiger partial charge in [-0.3, -0.25) is 4.79 Å². The van der Waals surface area contributed by atoms with Crippen LogP contribution in [0.2, 0.25) is 0 Å². The van der Waals surface area contributed by atoms with Crippen LogP contribution in [0.3, 0.4) is 0 Å². The van der Waals surface area contributed by atoms with Crippen LogP contribution in [-0.2, 0) is 6.42 Å². The van der Waals surface area contributed by atoms with Crippen molar-refractivity contribution in [3.63, 3.8) is 0 Å². The Balaban J connectivity index is 1.95. The molecule has 0 aliphatic heterocycles. The molecule has 0 saturated carbocycles. The summed E-state index contributed by atoms with van der Waals surface area (Å²) in [7, 11) is 0. The lowest BCUT2D eigenvalue weighted by atomic mass is 10.1. The number of halogens is 1. The molecule has 0 aliphatic carbocycles.